The summed E-state index contributed by atoms with van der Waals surface area (Å²) in [6.07, 6.45) is -11.4. The van der Waals surface area contributed by atoms with Gasteiger partial charge in [-0.3, -0.25) is 9.69 Å². The van der Waals surface area contributed by atoms with Gasteiger partial charge in [0.25, 0.3) is 0 Å². The molecule has 0 radical (unpaired) electrons. The molecule has 1 saturated heterocycles. The van der Waals surface area contributed by atoms with Crippen LogP contribution < -0.4 is 15.2 Å². The molecule has 6 heteroatoms. The van der Waals surface area contributed by atoms with Crippen LogP contribution in [-0.2, 0) is 16.0 Å². The summed E-state index contributed by atoms with van der Waals surface area (Å²) in [6.45, 7) is -3.92. The molecule has 2 heterocycles. The van der Waals surface area contributed by atoms with E-state index in [2.05, 4.69) is 0 Å². The fourth-order valence-corrected chi connectivity index (χ4v) is 3.33. The molecule has 1 fully saturated rings. The Hall–Kier alpha value is -1.79. The van der Waals surface area contributed by atoms with Gasteiger partial charge < -0.3 is 19.9 Å². The van der Waals surface area contributed by atoms with E-state index in [0.717, 1.165) is 6.07 Å². The van der Waals surface area contributed by atoms with Crippen LogP contribution in [0.5, 0.6) is 11.5 Å². The van der Waals surface area contributed by atoms with E-state index >= 15 is 0 Å². The Labute approximate surface area is 202 Å². The second-order valence-corrected chi connectivity index (χ2v) is 7.55. The van der Waals surface area contributed by atoms with E-state index in [-0.39, 0.29) is 17.7 Å². The Bertz CT molecular complexity index is 1320. The fraction of sp³-hybridized carbons (Fsp3) is 0.708. The highest BCUT2D eigenvalue weighted by Crippen LogP contribution is 2.44. The molecular formula is C24H38N2O4. The van der Waals surface area contributed by atoms with Crippen LogP contribution >= 0.6 is 0 Å². The van der Waals surface area contributed by atoms with Gasteiger partial charge in [-0.2, -0.15) is 0 Å². The number of carbonyl (C=O) groups excluding carboxylic acids is 1. The van der Waals surface area contributed by atoms with Gasteiger partial charge in [-0.05, 0) is 47.9 Å². The van der Waals surface area contributed by atoms with Gasteiger partial charge >= 0.3 is 5.97 Å². The van der Waals surface area contributed by atoms with Gasteiger partial charge in [-0.15, -0.1) is 0 Å². The molecule has 168 valence electrons. The molecule has 6 nitrogen and oxygen atoms in total. The van der Waals surface area contributed by atoms with Crippen LogP contribution in [0, 0.1) is 17.7 Å². The second kappa shape index (κ2) is 9.56. The smallest absolute Gasteiger partial charge is 0.323 e. The van der Waals surface area contributed by atoms with Crippen molar-refractivity contribution in [3.63, 3.8) is 0 Å². The van der Waals surface area contributed by atoms with Gasteiger partial charge in [-0.1, -0.05) is 27.6 Å². The third-order valence-corrected chi connectivity index (χ3v) is 5.02. The minimum absolute atomic E-state index is 0.0574. The number of benzene rings is 1. The Kier molecular flexibility index (Phi) is 3.26. The standard InChI is InChI=1S/C24H38N2O4/c1-14(2)9-17-13-26-8-7-16-10-21(28-5)22(29-6)11-18(16)19(26)12-20(17)30-24(27)23(25)15(3)4/h10-11,14-15,17,19-20,23H,7-9,12-13,25H2,1-6H3/t17?,19?,20?,23-/m0/s1/i1D3,6D3,9D2,12D2,13D2,14D,17D,20D/t14?,17?,19?,20?,23-. The zero-order valence-corrected chi connectivity index (χ0v) is 17.5. The molecule has 0 aliphatic carbocycles. The number of nitrogens with two attached hydrogens (primary N) is 1. The summed E-state index contributed by atoms with van der Waals surface area (Å²) in [5.74, 6) is -9.93. The van der Waals surface area contributed by atoms with Gasteiger partial charge in [0.15, 0.2) is 11.5 Å². The lowest BCUT2D eigenvalue weighted by Crippen LogP contribution is -2.51. The van der Waals surface area contributed by atoms with E-state index in [4.69, 9.17) is 32.3 Å². The van der Waals surface area contributed by atoms with Crippen molar-refractivity contribution in [3.05, 3.63) is 23.3 Å². The number of hydrogen-bond donors (Lipinski definition) is 1. The first-order chi connectivity index (χ1) is 20.0. The molecule has 1 aromatic carbocycles. The number of fused-ring (bicyclic) bond motifs is 3. The first-order valence-electron chi connectivity index (χ1n) is 17.1. The minimum atomic E-state index is -3.97. The van der Waals surface area contributed by atoms with Crippen molar-refractivity contribution in [1.82, 2.24) is 4.90 Å². The van der Waals surface area contributed by atoms with Crippen molar-refractivity contribution in [2.75, 3.05) is 27.2 Å². The zero-order valence-electron chi connectivity index (χ0n) is 32.5. The number of methoxy groups -OCH3 is 2. The minimum Gasteiger partial charge on any atom is -0.493 e. The third kappa shape index (κ3) is 4.75. The third-order valence-electron chi connectivity index (χ3n) is 5.02. The summed E-state index contributed by atoms with van der Waals surface area (Å²) in [4.78, 5) is 14.0. The Morgan fingerprint density at radius 1 is 1.43 bits per heavy atom. The van der Waals surface area contributed by atoms with Crippen LogP contribution in [-0.4, -0.2) is 50.2 Å². The maximum absolute atomic E-state index is 13.3. The Morgan fingerprint density at radius 3 is 2.87 bits per heavy atom. The Morgan fingerprint density at radius 2 is 2.20 bits per heavy atom. The first-order valence-corrected chi connectivity index (χ1v) is 9.63. The summed E-state index contributed by atoms with van der Waals surface area (Å²) in [5, 5.41) is 0. The maximum Gasteiger partial charge on any atom is 0.323 e. The molecule has 0 bridgehead atoms. The highest BCUT2D eigenvalue weighted by Gasteiger charge is 2.41. The number of hydrogen-bond acceptors (Lipinski definition) is 6. The van der Waals surface area contributed by atoms with E-state index in [1.165, 1.54) is 27.0 Å². The second-order valence-electron chi connectivity index (χ2n) is 7.55. The highest BCUT2D eigenvalue weighted by molar-refractivity contribution is 5.76. The van der Waals surface area contributed by atoms with E-state index < -0.39 is 87.3 Å². The van der Waals surface area contributed by atoms with Crippen molar-refractivity contribution >= 4 is 5.97 Å². The molecule has 5 atom stereocenters. The zero-order chi connectivity index (χ0) is 35.1. The van der Waals surface area contributed by atoms with Gasteiger partial charge in [-0.25, -0.2) is 0 Å². The molecule has 0 aromatic heterocycles. The number of ether oxygens (including phenoxy) is 3. The molecule has 2 aliphatic rings. The number of nitrogens with zero attached hydrogens (tertiary/aromatic N) is 1. The SMILES string of the molecule is [2H]C([2H])([2H])Oc1cc2c(cc1OC)CCN1C2C([2H])([2H])C([2H])(OC(=O)[C@@H](N)C(C)C)C([2H])(C([2H])([2H])C([2H])(C)C([2H])([2H])[2H])C1([2H])[2H]. The normalized spacial score (nSPS) is 43.8. The van der Waals surface area contributed by atoms with Crippen LogP contribution in [0.2, 0.25) is 0 Å². The summed E-state index contributed by atoms with van der Waals surface area (Å²) in [7, 11) is -1.77. The van der Waals surface area contributed by atoms with Crippen LogP contribution in [0.4, 0.5) is 0 Å². The fourth-order valence-electron chi connectivity index (χ4n) is 3.33. The van der Waals surface area contributed by atoms with E-state index in [1.54, 1.807) is 0 Å². The van der Waals surface area contributed by atoms with Crippen LogP contribution in [0.3, 0.4) is 0 Å². The molecular weight excluding hydrogens is 380 g/mol. The summed E-state index contributed by atoms with van der Waals surface area (Å²) in [5.41, 5.74) is 6.08. The number of piperidine rings is 1. The topological polar surface area (TPSA) is 74.0 Å². The van der Waals surface area contributed by atoms with Crippen molar-refractivity contribution in [1.29, 1.82) is 0 Å². The lowest BCUT2D eigenvalue weighted by Gasteiger charge is -2.47. The quantitative estimate of drug-likeness (QED) is 0.663. The van der Waals surface area contributed by atoms with E-state index in [1.807, 2.05) is 0 Å². The van der Waals surface area contributed by atoms with Gasteiger partial charge in [0.05, 0.1) is 19.6 Å². The number of carbonyl (C=O) groups is 1. The molecule has 0 spiro atoms. The van der Waals surface area contributed by atoms with Gasteiger partial charge in [0.1, 0.15) is 12.1 Å². The average Bonchev–Trinajstić information content (AvgIpc) is 2.87. The lowest BCUT2D eigenvalue weighted by molar-refractivity contribution is -0.160. The van der Waals surface area contributed by atoms with Crippen molar-refractivity contribution < 1.29 is 39.6 Å². The monoisotopic (exact) mass is 433 g/mol. The van der Waals surface area contributed by atoms with Crippen molar-refractivity contribution in [2.45, 2.75) is 65.0 Å². The Balaban J connectivity index is 2.46. The predicted octanol–water partition coefficient (Wildman–Crippen LogP) is 3.56. The average molecular weight is 434 g/mol. The number of esters is 1. The summed E-state index contributed by atoms with van der Waals surface area (Å²) >= 11 is 0. The first kappa shape index (κ1) is 10.2. The number of rotatable bonds is 7. The van der Waals surface area contributed by atoms with Gasteiger partial charge in [0, 0.05) is 46.4 Å². The van der Waals surface area contributed by atoms with Crippen LogP contribution in [0.25, 0.3) is 0 Å². The van der Waals surface area contributed by atoms with Crippen molar-refractivity contribution in [2.24, 2.45) is 23.4 Å². The molecule has 2 aliphatic heterocycles. The van der Waals surface area contributed by atoms with E-state index in [9.17, 15) is 13.0 Å². The summed E-state index contributed by atoms with van der Waals surface area (Å²) in [6, 6.07) is -1.10. The van der Waals surface area contributed by atoms with Crippen molar-refractivity contribution in [3.8, 4) is 11.5 Å². The molecule has 4 unspecified atom stereocenters. The molecule has 0 saturated carbocycles. The predicted molar refractivity (Wildman–Crippen MR) is 118 cm³/mol. The molecule has 1 aromatic rings. The molecule has 0 amide bonds. The summed E-state index contributed by atoms with van der Waals surface area (Å²) < 4.78 is 144. The maximum atomic E-state index is 13.3. The largest absolute Gasteiger partial charge is 0.493 e. The van der Waals surface area contributed by atoms with Gasteiger partial charge in [0.2, 0.25) is 0 Å². The van der Waals surface area contributed by atoms with Crippen LogP contribution in [0.1, 0.15) is 78.1 Å². The molecule has 2 N–H and O–H groups in total. The highest BCUT2D eigenvalue weighted by atomic mass is 16.5. The lowest BCUT2D eigenvalue weighted by atomic mass is 9.79. The van der Waals surface area contributed by atoms with Crippen LogP contribution in [0.15, 0.2) is 12.1 Å². The van der Waals surface area contributed by atoms with E-state index in [0.29, 0.717) is 17.4 Å². The molecule has 30 heavy (non-hydrogen) atoms. The molecule has 3 rings (SSSR count).